The third kappa shape index (κ3) is 3.30. The lowest BCUT2D eigenvalue weighted by Gasteiger charge is -2.11. The number of rotatable bonds is 2. The Hall–Kier alpha value is -2.01. The van der Waals surface area contributed by atoms with Gasteiger partial charge in [0.15, 0.2) is 0 Å². The van der Waals surface area contributed by atoms with E-state index in [1.807, 2.05) is 0 Å². The van der Waals surface area contributed by atoms with E-state index in [2.05, 4.69) is 0 Å². The Bertz CT molecular complexity index is 621. The van der Waals surface area contributed by atoms with Crippen molar-refractivity contribution in [1.82, 2.24) is 0 Å². The van der Waals surface area contributed by atoms with E-state index in [1.165, 1.54) is 36.4 Å². The molecule has 0 fully saturated rings. The zero-order valence-electron chi connectivity index (χ0n) is 9.95. The fourth-order valence-corrected chi connectivity index (χ4v) is 1.70. The number of ether oxygens (including phenoxy) is 1. The molecule has 6 heteroatoms. The number of benzene rings is 2. The predicted octanol–water partition coefficient (Wildman–Crippen LogP) is 4.58. The van der Waals surface area contributed by atoms with E-state index in [0.29, 0.717) is 5.02 Å². The van der Waals surface area contributed by atoms with Crippen molar-refractivity contribution in [3.05, 3.63) is 64.7 Å². The van der Waals surface area contributed by atoms with Crippen molar-refractivity contribution in [2.24, 2.45) is 0 Å². The molecule has 0 bridgehead atoms. The summed E-state index contributed by atoms with van der Waals surface area (Å²) in [5.74, 6) is -0.948. The fraction of sp³-hybridized carbons (Fsp3) is 0.0714. The number of hydrogen-bond donors (Lipinski definition) is 0. The topological polar surface area (TPSA) is 26.3 Å². The van der Waals surface area contributed by atoms with Crippen LogP contribution in [0.15, 0.2) is 48.5 Å². The van der Waals surface area contributed by atoms with Gasteiger partial charge in [-0.1, -0.05) is 23.7 Å². The van der Waals surface area contributed by atoms with E-state index in [4.69, 9.17) is 16.3 Å². The average molecular weight is 301 g/mol. The summed E-state index contributed by atoms with van der Waals surface area (Å²) in [6.07, 6.45) is -4.62. The predicted molar refractivity (Wildman–Crippen MR) is 67.9 cm³/mol. The Morgan fingerprint density at radius 3 is 2.20 bits per heavy atom. The molecule has 2 nitrogen and oxygen atoms in total. The van der Waals surface area contributed by atoms with E-state index in [1.54, 1.807) is 0 Å². The molecule has 2 aromatic carbocycles. The maximum absolute atomic E-state index is 12.8. The maximum Gasteiger partial charge on any atom is 0.417 e. The molecule has 0 aliphatic heterocycles. The highest BCUT2D eigenvalue weighted by Crippen LogP contribution is 2.32. The summed E-state index contributed by atoms with van der Waals surface area (Å²) >= 11 is 5.66. The molecule has 104 valence electrons. The van der Waals surface area contributed by atoms with Gasteiger partial charge in [-0.25, -0.2) is 4.79 Å². The van der Waals surface area contributed by atoms with Gasteiger partial charge in [0, 0.05) is 5.02 Å². The lowest BCUT2D eigenvalue weighted by atomic mass is 10.1. The number of halogens is 4. The molecular formula is C14H8ClF3O2. The summed E-state index contributed by atoms with van der Waals surface area (Å²) in [6.45, 7) is 0. The van der Waals surface area contributed by atoms with Crippen LogP contribution in [0.5, 0.6) is 5.75 Å². The van der Waals surface area contributed by atoms with Crippen LogP contribution in [-0.2, 0) is 6.18 Å². The van der Waals surface area contributed by atoms with Gasteiger partial charge in [-0.3, -0.25) is 0 Å². The van der Waals surface area contributed by atoms with Gasteiger partial charge in [0.05, 0.1) is 11.1 Å². The molecule has 0 atom stereocenters. The van der Waals surface area contributed by atoms with Gasteiger partial charge in [0.2, 0.25) is 0 Å². The van der Waals surface area contributed by atoms with Crippen LogP contribution in [0.4, 0.5) is 13.2 Å². The highest BCUT2D eigenvalue weighted by molar-refractivity contribution is 6.30. The Morgan fingerprint density at radius 2 is 1.60 bits per heavy atom. The minimum Gasteiger partial charge on any atom is -0.423 e. The molecule has 0 N–H and O–H groups in total. The molecule has 20 heavy (non-hydrogen) atoms. The van der Waals surface area contributed by atoms with Gasteiger partial charge >= 0.3 is 12.1 Å². The van der Waals surface area contributed by atoms with E-state index >= 15 is 0 Å². The highest BCUT2D eigenvalue weighted by Gasteiger charge is 2.35. The summed E-state index contributed by atoms with van der Waals surface area (Å²) < 4.78 is 43.2. The Kier molecular flexibility index (Phi) is 3.99. The molecule has 0 aliphatic rings. The second-order valence-electron chi connectivity index (χ2n) is 3.89. The van der Waals surface area contributed by atoms with Crippen LogP contribution in [-0.4, -0.2) is 5.97 Å². The van der Waals surface area contributed by atoms with Gasteiger partial charge in [0.25, 0.3) is 0 Å². The molecule has 2 rings (SSSR count). The number of alkyl halides is 3. The van der Waals surface area contributed by atoms with Crippen molar-refractivity contribution in [1.29, 1.82) is 0 Å². The lowest BCUT2D eigenvalue weighted by Crippen LogP contribution is -2.16. The molecule has 0 saturated carbocycles. The zero-order chi connectivity index (χ0) is 14.8. The first kappa shape index (κ1) is 14.4. The average Bonchev–Trinajstić information content (AvgIpc) is 2.40. The van der Waals surface area contributed by atoms with Crippen LogP contribution in [0.1, 0.15) is 15.9 Å². The minimum atomic E-state index is -4.62. The standard InChI is InChI=1S/C14H8ClF3O2/c15-9-5-7-10(8-6-9)20-13(19)11-3-1-2-4-12(11)14(16,17)18/h1-8H. The second-order valence-corrected chi connectivity index (χ2v) is 4.32. The third-order valence-corrected chi connectivity index (χ3v) is 2.73. The van der Waals surface area contributed by atoms with Crippen molar-refractivity contribution in [2.45, 2.75) is 6.18 Å². The van der Waals surface area contributed by atoms with E-state index < -0.39 is 23.3 Å². The first-order chi connectivity index (χ1) is 9.38. The largest absolute Gasteiger partial charge is 0.423 e. The summed E-state index contributed by atoms with van der Waals surface area (Å²) in [5.41, 5.74) is -1.56. The van der Waals surface area contributed by atoms with Gasteiger partial charge in [-0.15, -0.1) is 0 Å². The maximum atomic E-state index is 12.8. The first-order valence-electron chi connectivity index (χ1n) is 5.52. The smallest absolute Gasteiger partial charge is 0.417 e. The van der Waals surface area contributed by atoms with Crippen molar-refractivity contribution in [2.75, 3.05) is 0 Å². The molecule has 0 heterocycles. The van der Waals surface area contributed by atoms with Gasteiger partial charge in [0.1, 0.15) is 5.75 Å². The Labute approximate surface area is 117 Å². The molecule has 0 aliphatic carbocycles. The third-order valence-electron chi connectivity index (χ3n) is 2.48. The first-order valence-corrected chi connectivity index (χ1v) is 5.89. The fourth-order valence-electron chi connectivity index (χ4n) is 1.57. The molecular weight excluding hydrogens is 293 g/mol. The SMILES string of the molecule is O=C(Oc1ccc(Cl)cc1)c1ccccc1C(F)(F)F. The molecule has 2 aromatic rings. The van der Waals surface area contributed by atoms with Crippen LogP contribution >= 0.6 is 11.6 Å². The van der Waals surface area contributed by atoms with Crippen molar-refractivity contribution in [3.63, 3.8) is 0 Å². The zero-order valence-corrected chi connectivity index (χ0v) is 10.7. The van der Waals surface area contributed by atoms with Crippen LogP contribution in [0.3, 0.4) is 0 Å². The van der Waals surface area contributed by atoms with Gasteiger partial charge in [-0.05, 0) is 36.4 Å². The minimum absolute atomic E-state index is 0.122. The molecule has 0 aromatic heterocycles. The number of carbonyl (C=O) groups is 1. The van der Waals surface area contributed by atoms with Gasteiger partial charge < -0.3 is 4.74 Å². The van der Waals surface area contributed by atoms with Crippen LogP contribution < -0.4 is 4.74 Å². The Balaban J connectivity index is 2.28. The molecule has 0 radical (unpaired) electrons. The number of esters is 1. The number of hydrogen-bond acceptors (Lipinski definition) is 2. The van der Waals surface area contributed by atoms with Crippen molar-refractivity contribution < 1.29 is 22.7 Å². The quantitative estimate of drug-likeness (QED) is 0.599. The second kappa shape index (κ2) is 5.54. The normalized spacial score (nSPS) is 11.2. The summed E-state index contributed by atoms with van der Waals surface area (Å²) in [6, 6.07) is 10.2. The summed E-state index contributed by atoms with van der Waals surface area (Å²) in [7, 11) is 0. The van der Waals surface area contributed by atoms with Crippen molar-refractivity contribution >= 4 is 17.6 Å². The molecule has 0 spiro atoms. The van der Waals surface area contributed by atoms with Crippen LogP contribution in [0.2, 0.25) is 5.02 Å². The summed E-state index contributed by atoms with van der Waals surface area (Å²) in [4.78, 5) is 11.8. The Morgan fingerprint density at radius 1 is 1.00 bits per heavy atom. The molecule has 0 unspecified atom stereocenters. The monoisotopic (exact) mass is 300 g/mol. The lowest BCUT2D eigenvalue weighted by molar-refractivity contribution is -0.138. The van der Waals surface area contributed by atoms with Crippen molar-refractivity contribution in [3.8, 4) is 5.75 Å². The highest BCUT2D eigenvalue weighted by atomic mass is 35.5. The molecule has 0 saturated heterocycles. The van der Waals surface area contributed by atoms with E-state index in [9.17, 15) is 18.0 Å². The van der Waals surface area contributed by atoms with E-state index in [0.717, 1.165) is 12.1 Å². The van der Waals surface area contributed by atoms with Gasteiger partial charge in [-0.2, -0.15) is 13.2 Å². The summed E-state index contributed by atoms with van der Waals surface area (Å²) in [5, 5.41) is 0.431. The number of carbonyl (C=O) groups excluding carboxylic acids is 1. The molecule has 0 amide bonds. The van der Waals surface area contributed by atoms with E-state index in [-0.39, 0.29) is 5.75 Å². The van der Waals surface area contributed by atoms with Crippen LogP contribution in [0, 0.1) is 0 Å². The van der Waals surface area contributed by atoms with Crippen LogP contribution in [0.25, 0.3) is 0 Å².